The zero-order valence-corrected chi connectivity index (χ0v) is 18.9. The first-order valence-electron chi connectivity index (χ1n) is 9.79. The zero-order valence-electron chi connectivity index (χ0n) is 16.5. The average molecular weight is 482 g/mol. The number of carbonyl (C=O) groups excluding carboxylic acids is 1. The third-order valence-corrected chi connectivity index (χ3v) is 5.89. The SMILES string of the molecule is COc1ccc(Br)c(CNCCCN2CCCC2=O)c1OCc1cccc(Cl)c1. The van der Waals surface area contributed by atoms with E-state index in [1.54, 1.807) is 7.11 Å². The highest BCUT2D eigenvalue weighted by Gasteiger charge is 2.19. The molecule has 1 amide bonds. The summed E-state index contributed by atoms with van der Waals surface area (Å²) in [6.45, 7) is 3.56. The van der Waals surface area contributed by atoms with Gasteiger partial charge in [0.15, 0.2) is 11.5 Å². The van der Waals surface area contributed by atoms with Crippen molar-refractivity contribution in [3.05, 3.63) is 57.0 Å². The second-order valence-electron chi connectivity index (χ2n) is 6.99. The van der Waals surface area contributed by atoms with Crippen LogP contribution in [0.15, 0.2) is 40.9 Å². The maximum Gasteiger partial charge on any atom is 0.222 e. The van der Waals surface area contributed by atoms with Crippen molar-refractivity contribution in [2.75, 3.05) is 26.7 Å². The first-order valence-corrected chi connectivity index (χ1v) is 11.0. The summed E-state index contributed by atoms with van der Waals surface area (Å²) >= 11 is 9.70. The lowest BCUT2D eigenvalue weighted by Gasteiger charge is -2.18. The number of hydrogen-bond donors (Lipinski definition) is 1. The smallest absolute Gasteiger partial charge is 0.222 e. The van der Waals surface area contributed by atoms with E-state index in [1.807, 2.05) is 41.3 Å². The molecule has 2 aromatic rings. The number of benzene rings is 2. The minimum absolute atomic E-state index is 0.275. The second-order valence-corrected chi connectivity index (χ2v) is 8.28. The number of nitrogens with one attached hydrogen (secondary N) is 1. The highest BCUT2D eigenvalue weighted by atomic mass is 79.9. The van der Waals surface area contributed by atoms with E-state index in [0.717, 1.165) is 48.1 Å². The van der Waals surface area contributed by atoms with Crippen LogP contribution in [-0.2, 0) is 17.9 Å². The molecule has 0 radical (unpaired) electrons. The van der Waals surface area contributed by atoms with Crippen molar-refractivity contribution in [3.8, 4) is 11.5 Å². The van der Waals surface area contributed by atoms with Crippen LogP contribution in [0.2, 0.25) is 5.02 Å². The molecule has 1 fully saturated rings. The zero-order chi connectivity index (χ0) is 20.6. The molecule has 0 saturated carbocycles. The molecule has 1 aliphatic heterocycles. The number of ether oxygens (including phenoxy) is 2. The Balaban J connectivity index is 1.60. The third kappa shape index (κ3) is 6.11. The topological polar surface area (TPSA) is 50.8 Å². The number of amides is 1. The Kier molecular flexibility index (Phi) is 8.21. The molecular formula is C22H26BrClN2O3. The molecule has 1 saturated heterocycles. The van der Waals surface area contributed by atoms with E-state index in [0.29, 0.717) is 36.1 Å². The van der Waals surface area contributed by atoms with E-state index in [2.05, 4.69) is 21.2 Å². The first-order chi connectivity index (χ1) is 14.1. The summed E-state index contributed by atoms with van der Waals surface area (Å²) in [5.41, 5.74) is 2.00. The van der Waals surface area contributed by atoms with Gasteiger partial charge in [-0.15, -0.1) is 0 Å². The lowest BCUT2D eigenvalue weighted by molar-refractivity contribution is -0.127. The molecule has 0 aromatic heterocycles. The summed E-state index contributed by atoms with van der Waals surface area (Å²) in [5.74, 6) is 1.68. The Morgan fingerprint density at radius 1 is 1.28 bits per heavy atom. The van der Waals surface area contributed by atoms with Crippen LogP contribution < -0.4 is 14.8 Å². The van der Waals surface area contributed by atoms with Crippen LogP contribution in [0.1, 0.15) is 30.4 Å². The van der Waals surface area contributed by atoms with Gasteiger partial charge in [0, 0.05) is 41.1 Å². The van der Waals surface area contributed by atoms with Crippen LogP contribution in [0.3, 0.4) is 0 Å². The minimum atomic E-state index is 0.275. The molecule has 0 atom stereocenters. The Bertz CT molecular complexity index is 847. The van der Waals surface area contributed by atoms with Crippen LogP contribution in [0, 0.1) is 0 Å². The lowest BCUT2D eigenvalue weighted by atomic mass is 10.1. The highest BCUT2D eigenvalue weighted by molar-refractivity contribution is 9.10. The first kappa shape index (κ1) is 21.9. The monoisotopic (exact) mass is 480 g/mol. The van der Waals surface area contributed by atoms with Crippen LogP contribution in [0.25, 0.3) is 0 Å². The fraction of sp³-hybridized carbons (Fsp3) is 0.409. The molecular weight excluding hydrogens is 456 g/mol. The normalized spacial score (nSPS) is 13.8. The fourth-order valence-electron chi connectivity index (χ4n) is 3.40. The predicted molar refractivity (Wildman–Crippen MR) is 119 cm³/mol. The molecule has 1 aliphatic rings. The highest BCUT2D eigenvalue weighted by Crippen LogP contribution is 2.36. The molecule has 0 bridgehead atoms. The average Bonchev–Trinajstić information content (AvgIpc) is 3.12. The van der Waals surface area contributed by atoms with Gasteiger partial charge in [-0.1, -0.05) is 39.7 Å². The number of rotatable bonds is 10. The molecule has 5 nitrogen and oxygen atoms in total. The minimum Gasteiger partial charge on any atom is -0.493 e. The fourth-order valence-corrected chi connectivity index (χ4v) is 4.06. The van der Waals surface area contributed by atoms with Crippen molar-refractivity contribution in [1.82, 2.24) is 10.2 Å². The summed E-state index contributed by atoms with van der Waals surface area (Å²) in [7, 11) is 1.64. The number of likely N-dealkylation sites (tertiary alicyclic amines) is 1. The van der Waals surface area contributed by atoms with E-state index < -0.39 is 0 Å². The molecule has 29 heavy (non-hydrogen) atoms. The molecule has 0 spiro atoms. The molecule has 2 aromatic carbocycles. The molecule has 3 rings (SSSR count). The third-order valence-electron chi connectivity index (χ3n) is 4.91. The summed E-state index contributed by atoms with van der Waals surface area (Å²) in [5, 5.41) is 4.14. The predicted octanol–water partition coefficient (Wildman–Crippen LogP) is 4.79. The van der Waals surface area contributed by atoms with Gasteiger partial charge >= 0.3 is 0 Å². The summed E-state index contributed by atoms with van der Waals surface area (Å²) in [6, 6.07) is 11.5. The number of halogens is 2. The summed E-state index contributed by atoms with van der Waals surface area (Å²) in [4.78, 5) is 13.6. The van der Waals surface area contributed by atoms with Gasteiger partial charge in [0.2, 0.25) is 5.91 Å². The van der Waals surface area contributed by atoms with E-state index in [9.17, 15) is 4.79 Å². The van der Waals surface area contributed by atoms with Gasteiger partial charge in [0.1, 0.15) is 6.61 Å². The molecule has 0 unspecified atom stereocenters. The van der Waals surface area contributed by atoms with E-state index in [1.165, 1.54) is 0 Å². The molecule has 1 heterocycles. The number of methoxy groups -OCH3 is 1. The van der Waals surface area contributed by atoms with Gasteiger partial charge in [-0.3, -0.25) is 4.79 Å². The largest absolute Gasteiger partial charge is 0.493 e. The van der Waals surface area contributed by atoms with Crippen LogP contribution in [-0.4, -0.2) is 37.6 Å². The van der Waals surface area contributed by atoms with Gasteiger partial charge in [-0.2, -0.15) is 0 Å². The van der Waals surface area contributed by atoms with Gasteiger partial charge in [-0.25, -0.2) is 0 Å². The maximum atomic E-state index is 11.7. The Hall–Kier alpha value is -1.76. The molecule has 1 N–H and O–H groups in total. The van der Waals surface area contributed by atoms with E-state index in [4.69, 9.17) is 21.1 Å². The van der Waals surface area contributed by atoms with Crippen molar-refractivity contribution in [2.45, 2.75) is 32.4 Å². The Labute approximate surface area is 185 Å². The maximum absolute atomic E-state index is 11.7. The Morgan fingerprint density at radius 2 is 2.14 bits per heavy atom. The molecule has 0 aliphatic carbocycles. The van der Waals surface area contributed by atoms with Crippen molar-refractivity contribution in [3.63, 3.8) is 0 Å². The number of hydrogen-bond acceptors (Lipinski definition) is 4. The molecule has 156 valence electrons. The lowest BCUT2D eigenvalue weighted by Crippen LogP contribution is -2.28. The van der Waals surface area contributed by atoms with Crippen molar-refractivity contribution >= 4 is 33.4 Å². The van der Waals surface area contributed by atoms with Crippen LogP contribution >= 0.6 is 27.5 Å². The van der Waals surface area contributed by atoms with Gasteiger partial charge < -0.3 is 19.7 Å². The molecule has 7 heteroatoms. The van der Waals surface area contributed by atoms with E-state index in [-0.39, 0.29) is 5.91 Å². The van der Waals surface area contributed by atoms with Gasteiger partial charge in [0.05, 0.1) is 7.11 Å². The van der Waals surface area contributed by atoms with Crippen molar-refractivity contribution in [2.24, 2.45) is 0 Å². The van der Waals surface area contributed by atoms with Crippen molar-refractivity contribution < 1.29 is 14.3 Å². The number of carbonyl (C=O) groups is 1. The Morgan fingerprint density at radius 3 is 2.86 bits per heavy atom. The second kappa shape index (κ2) is 10.9. The summed E-state index contributed by atoms with van der Waals surface area (Å²) < 4.78 is 12.6. The number of nitrogens with zero attached hydrogens (tertiary/aromatic N) is 1. The van der Waals surface area contributed by atoms with Crippen LogP contribution in [0.4, 0.5) is 0 Å². The van der Waals surface area contributed by atoms with Gasteiger partial charge in [0.25, 0.3) is 0 Å². The van der Waals surface area contributed by atoms with E-state index >= 15 is 0 Å². The van der Waals surface area contributed by atoms with Crippen molar-refractivity contribution in [1.29, 1.82) is 0 Å². The standard InChI is InChI=1S/C22H26BrClN2O3/c1-28-20-9-8-19(23)18(14-25-10-4-12-26-11-3-7-21(26)27)22(20)29-15-16-5-2-6-17(24)13-16/h2,5-6,8-9,13,25H,3-4,7,10-12,14-15H2,1H3. The summed E-state index contributed by atoms with van der Waals surface area (Å²) in [6.07, 6.45) is 2.60. The quantitative estimate of drug-likeness (QED) is 0.496. The van der Waals surface area contributed by atoms with Gasteiger partial charge in [-0.05, 0) is 49.2 Å². The van der Waals surface area contributed by atoms with Crippen LogP contribution in [0.5, 0.6) is 11.5 Å².